The fourth-order valence-electron chi connectivity index (χ4n) is 3.63. The van der Waals surface area contributed by atoms with Gasteiger partial charge in [-0.1, -0.05) is 6.92 Å². The average Bonchev–Trinajstić information content (AvgIpc) is 3.33. The summed E-state index contributed by atoms with van der Waals surface area (Å²) >= 11 is 0. The van der Waals surface area contributed by atoms with Gasteiger partial charge in [0.2, 0.25) is 11.9 Å². The van der Waals surface area contributed by atoms with Crippen LogP contribution in [0.1, 0.15) is 53.2 Å². The van der Waals surface area contributed by atoms with E-state index in [1.54, 1.807) is 22.9 Å². The number of hydrogen-bond donors (Lipinski definition) is 5. The van der Waals surface area contributed by atoms with E-state index in [-0.39, 0.29) is 17.4 Å². The minimum atomic E-state index is -0.608. The topological polar surface area (TPSA) is 179 Å². The molecule has 0 bridgehead atoms. The van der Waals surface area contributed by atoms with Gasteiger partial charge in [0.25, 0.3) is 5.91 Å². The highest BCUT2D eigenvalue weighted by Crippen LogP contribution is 2.31. The molecule has 3 aromatic rings. The van der Waals surface area contributed by atoms with E-state index in [0.29, 0.717) is 61.1 Å². The van der Waals surface area contributed by atoms with Gasteiger partial charge in [-0.15, -0.1) is 0 Å². The minimum absolute atomic E-state index is 0.112. The Kier molecular flexibility index (Phi) is 7.71. The van der Waals surface area contributed by atoms with Crippen LogP contribution in [0.5, 0.6) is 5.75 Å². The van der Waals surface area contributed by atoms with E-state index in [9.17, 15) is 9.59 Å². The van der Waals surface area contributed by atoms with Crippen molar-refractivity contribution in [3.63, 3.8) is 0 Å². The second-order valence-corrected chi connectivity index (χ2v) is 7.78. The number of nitrogens with zero attached hydrogens (tertiary/aromatic N) is 4. The zero-order valence-electron chi connectivity index (χ0n) is 19.6. The van der Waals surface area contributed by atoms with Gasteiger partial charge in [0.1, 0.15) is 17.0 Å². The minimum Gasteiger partial charge on any atom is -0.491 e. The van der Waals surface area contributed by atoms with Crippen molar-refractivity contribution in [3.8, 4) is 5.75 Å². The van der Waals surface area contributed by atoms with E-state index in [2.05, 4.69) is 20.7 Å². The molecule has 2 aromatic heterocycles. The molecule has 3 rings (SSSR count). The number of anilines is 1. The van der Waals surface area contributed by atoms with Crippen LogP contribution < -0.4 is 26.8 Å². The molecule has 2 amide bonds. The molecule has 182 valence electrons. The third-order valence-corrected chi connectivity index (χ3v) is 5.09. The number of imidazole rings is 1. The Balaban J connectivity index is 1.98. The van der Waals surface area contributed by atoms with E-state index in [1.807, 2.05) is 25.3 Å². The molecular formula is C22H31N9O3. The maximum Gasteiger partial charge on any atom is 0.276 e. The summed E-state index contributed by atoms with van der Waals surface area (Å²) in [6, 6.07) is 4.89. The monoisotopic (exact) mass is 469 g/mol. The van der Waals surface area contributed by atoms with Gasteiger partial charge in [-0.3, -0.25) is 25.0 Å². The molecule has 12 nitrogen and oxygen atoms in total. The van der Waals surface area contributed by atoms with E-state index in [1.165, 1.54) is 0 Å². The van der Waals surface area contributed by atoms with E-state index < -0.39 is 5.91 Å². The fourth-order valence-corrected chi connectivity index (χ4v) is 3.63. The number of hydrogen-bond acceptors (Lipinski definition) is 6. The van der Waals surface area contributed by atoms with Crippen LogP contribution in [-0.2, 0) is 13.1 Å². The van der Waals surface area contributed by atoms with Crippen molar-refractivity contribution < 1.29 is 14.3 Å². The van der Waals surface area contributed by atoms with Crippen molar-refractivity contribution in [1.29, 1.82) is 5.41 Å². The predicted octanol–water partition coefficient (Wildman–Crippen LogP) is 1.57. The largest absolute Gasteiger partial charge is 0.491 e. The number of nitrogens with two attached hydrogens (primary N) is 2. The number of guanidine groups is 1. The molecule has 0 aliphatic heterocycles. The van der Waals surface area contributed by atoms with Crippen LogP contribution in [0, 0.1) is 12.3 Å². The lowest BCUT2D eigenvalue weighted by molar-refractivity contribution is 0.0995. The van der Waals surface area contributed by atoms with Crippen LogP contribution in [0.15, 0.2) is 18.2 Å². The maximum atomic E-state index is 13.0. The van der Waals surface area contributed by atoms with Gasteiger partial charge < -0.3 is 26.1 Å². The molecule has 0 radical (unpaired) electrons. The summed E-state index contributed by atoms with van der Waals surface area (Å²) < 4.78 is 9.47. The molecule has 1 aromatic carbocycles. The van der Waals surface area contributed by atoms with Crippen LogP contribution in [0.4, 0.5) is 5.95 Å². The van der Waals surface area contributed by atoms with Crippen molar-refractivity contribution >= 4 is 34.8 Å². The number of aromatic nitrogens is 4. The van der Waals surface area contributed by atoms with Gasteiger partial charge in [0.15, 0.2) is 5.96 Å². The summed E-state index contributed by atoms with van der Waals surface area (Å²) in [5.41, 5.74) is 13.4. The Morgan fingerprint density at radius 3 is 2.62 bits per heavy atom. The van der Waals surface area contributed by atoms with Crippen LogP contribution >= 0.6 is 0 Å². The van der Waals surface area contributed by atoms with Gasteiger partial charge in [0, 0.05) is 25.2 Å². The lowest BCUT2D eigenvalue weighted by Gasteiger charge is -2.13. The van der Waals surface area contributed by atoms with Crippen molar-refractivity contribution in [2.45, 2.75) is 46.7 Å². The zero-order valence-corrected chi connectivity index (χ0v) is 19.6. The first kappa shape index (κ1) is 24.6. The molecule has 2 heterocycles. The number of aryl methyl sites for hydroxylation is 3. The number of fused-ring (bicyclic) bond motifs is 1. The van der Waals surface area contributed by atoms with Crippen LogP contribution in [-0.4, -0.2) is 50.3 Å². The summed E-state index contributed by atoms with van der Waals surface area (Å²) in [6.07, 6.45) is 1.35. The van der Waals surface area contributed by atoms with Crippen molar-refractivity contribution in [2.75, 3.05) is 18.5 Å². The van der Waals surface area contributed by atoms with Crippen LogP contribution in [0.25, 0.3) is 11.0 Å². The predicted molar refractivity (Wildman–Crippen MR) is 129 cm³/mol. The third-order valence-electron chi connectivity index (χ3n) is 5.09. The first-order chi connectivity index (χ1) is 16.2. The summed E-state index contributed by atoms with van der Waals surface area (Å²) in [5, 5.41) is 17.2. The fraction of sp³-hybridized carbons (Fsp3) is 0.409. The number of ether oxygens (including phenoxy) is 1. The Bertz CT molecular complexity index is 1210. The Labute approximate surface area is 197 Å². The molecule has 0 fully saturated rings. The van der Waals surface area contributed by atoms with Crippen molar-refractivity contribution in [2.24, 2.45) is 11.5 Å². The summed E-state index contributed by atoms with van der Waals surface area (Å²) in [7, 11) is 0. The molecule has 0 unspecified atom stereocenters. The normalized spacial score (nSPS) is 10.9. The molecule has 0 saturated carbocycles. The quantitative estimate of drug-likeness (QED) is 0.161. The second kappa shape index (κ2) is 10.7. The van der Waals surface area contributed by atoms with Gasteiger partial charge in [-0.05, 0) is 44.9 Å². The average molecular weight is 470 g/mol. The summed E-state index contributed by atoms with van der Waals surface area (Å²) in [4.78, 5) is 29.5. The molecule has 7 N–H and O–H groups in total. The van der Waals surface area contributed by atoms with Gasteiger partial charge in [-0.2, -0.15) is 5.10 Å². The first-order valence-corrected chi connectivity index (χ1v) is 11.2. The molecule has 0 saturated heterocycles. The van der Waals surface area contributed by atoms with Gasteiger partial charge in [-0.25, -0.2) is 4.98 Å². The highest BCUT2D eigenvalue weighted by molar-refractivity contribution is 6.04. The lowest BCUT2D eigenvalue weighted by atomic mass is 10.1. The molecule has 0 aliphatic rings. The smallest absolute Gasteiger partial charge is 0.276 e. The lowest BCUT2D eigenvalue weighted by Crippen LogP contribution is -2.31. The molecule has 12 heteroatoms. The molecule has 0 aliphatic carbocycles. The summed E-state index contributed by atoms with van der Waals surface area (Å²) in [5.74, 6) is -0.275. The summed E-state index contributed by atoms with van der Waals surface area (Å²) in [6.45, 7) is 7.65. The van der Waals surface area contributed by atoms with Crippen LogP contribution in [0.2, 0.25) is 0 Å². The standard InChI is InChI=1S/C22H31N9O3/c1-4-8-30-18-15(27-22(30)28-20(33)16-10-13(3)29-31(16)5-2)11-14(19(23)32)12-17(18)34-9-6-7-26-21(24)25/h10-12H,4-9H2,1-3H3,(H2,23,32)(H4,24,25,26)(H,27,28,33). The first-order valence-electron chi connectivity index (χ1n) is 11.2. The number of primary amides is 1. The third kappa shape index (κ3) is 5.45. The highest BCUT2D eigenvalue weighted by Gasteiger charge is 2.21. The molecular weight excluding hydrogens is 438 g/mol. The maximum absolute atomic E-state index is 13.0. The number of carbonyl (C=O) groups excluding carboxylic acids is 2. The number of amides is 2. The number of benzene rings is 1. The van der Waals surface area contributed by atoms with E-state index in [0.717, 1.165) is 12.1 Å². The van der Waals surface area contributed by atoms with E-state index >= 15 is 0 Å². The Morgan fingerprint density at radius 2 is 1.97 bits per heavy atom. The van der Waals surface area contributed by atoms with Crippen LogP contribution in [0.3, 0.4) is 0 Å². The molecule has 34 heavy (non-hydrogen) atoms. The SMILES string of the molecule is CCCn1c(NC(=O)c2cc(C)nn2CC)nc2cc(C(N)=O)cc(OCCCNC(=N)N)c21. The number of carbonyl (C=O) groups is 2. The van der Waals surface area contributed by atoms with Crippen molar-refractivity contribution in [1.82, 2.24) is 24.6 Å². The van der Waals surface area contributed by atoms with Crippen molar-refractivity contribution in [3.05, 3.63) is 35.2 Å². The second-order valence-electron chi connectivity index (χ2n) is 7.78. The number of nitrogens with one attached hydrogen (secondary N) is 3. The molecule has 0 spiro atoms. The molecule has 0 atom stereocenters. The van der Waals surface area contributed by atoms with E-state index in [4.69, 9.17) is 21.6 Å². The zero-order chi connectivity index (χ0) is 24.8. The van der Waals surface area contributed by atoms with Gasteiger partial charge >= 0.3 is 0 Å². The highest BCUT2D eigenvalue weighted by atomic mass is 16.5. The Morgan fingerprint density at radius 1 is 1.21 bits per heavy atom. The Hall–Kier alpha value is -4.09. The number of rotatable bonds is 11. The van der Waals surface area contributed by atoms with Gasteiger partial charge in [0.05, 0.1) is 17.8 Å².